The molecule has 0 atom stereocenters. The molecule has 41 heavy (non-hydrogen) atoms. The normalized spacial score (nSPS) is 11.2. The Labute approximate surface area is 245 Å². The molecule has 4 aromatic carbocycles. The lowest BCUT2D eigenvalue weighted by Gasteiger charge is -2.12. The molecule has 6 nitrogen and oxygen atoms in total. The van der Waals surface area contributed by atoms with Gasteiger partial charge in [0.2, 0.25) is 5.91 Å². The molecule has 208 valence electrons. The van der Waals surface area contributed by atoms with Crippen LogP contribution in [0.3, 0.4) is 0 Å². The summed E-state index contributed by atoms with van der Waals surface area (Å²) in [4.78, 5) is 39.4. The zero-order valence-electron chi connectivity index (χ0n) is 23.3. The average molecular weight is 564 g/mol. The van der Waals surface area contributed by atoms with E-state index < -0.39 is 5.91 Å². The Hall–Kier alpha value is -4.62. The van der Waals surface area contributed by atoms with E-state index in [-0.39, 0.29) is 23.3 Å². The smallest absolute Gasteiger partial charge is 0.272 e. The highest BCUT2D eigenvalue weighted by molar-refractivity contribution is 8.00. The summed E-state index contributed by atoms with van der Waals surface area (Å²) in [6, 6.07) is 31.5. The maximum Gasteiger partial charge on any atom is 0.272 e. The fourth-order valence-electron chi connectivity index (χ4n) is 3.90. The van der Waals surface area contributed by atoms with Gasteiger partial charge in [-0.3, -0.25) is 14.4 Å². The Morgan fingerprint density at radius 3 is 2.00 bits per heavy atom. The van der Waals surface area contributed by atoms with E-state index in [9.17, 15) is 14.4 Å². The molecule has 0 saturated carbocycles. The van der Waals surface area contributed by atoms with Crippen molar-refractivity contribution in [2.75, 3.05) is 16.4 Å². The third-order valence-corrected chi connectivity index (χ3v) is 7.27. The lowest BCUT2D eigenvalue weighted by atomic mass is 10.0. The zero-order chi connectivity index (χ0) is 29.2. The number of rotatable bonds is 10. The van der Waals surface area contributed by atoms with Gasteiger partial charge in [-0.25, -0.2) is 0 Å². The quantitative estimate of drug-likeness (QED) is 0.140. The van der Waals surface area contributed by atoms with Gasteiger partial charge in [-0.1, -0.05) is 74.0 Å². The molecule has 0 unspecified atom stereocenters. The van der Waals surface area contributed by atoms with Gasteiger partial charge in [0.1, 0.15) is 5.70 Å². The number of benzene rings is 4. The van der Waals surface area contributed by atoms with Crippen LogP contribution in [0.25, 0.3) is 6.08 Å². The standard InChI is InChI=1S/C34H33N3O3S/c1-23(2)26-13-15-28(16-14-26)35-32(38)22-41-30-19-17-29(18-20-30)36-34(40)31(21-25-11-9-24(3)10-12-25)37-33(39)27-7-5-4-6-8-27/h4-21,23H,22H2,1-3H3,(H,35,38)(H,36,40)(H,37,39)/b31-21-. The predicted molar refractivity (Wildman–Crippen MR) is 168 cm³/mol. The second-order valence-corrected chi connectivity index (χ2v) is 10.9. The molecular formula is C34H33N3O3S. The van der Waals surface area contributed by atoms with Crippen LogP contribution in [-0.4, -0.2) is 23.5 Å². The molecule has 7 heteroatoms. The first kappa shape index (κ1) is 29.4. The van der Waals surface area contributed by atoms with Gasteiger partial charge in [0.05, 0.1) is 5.75 Å². The highest BCUT2D eigenvalue weighted by Crippen LogP contribution is 2.22. The molecule has 0 aromatic heterocycles. The van der Waals surface area contributed by atoms with Crippen molar-refractivity contribution in [1.29, 1.82) is 0 Å². The summed E-state index contributed by atoms with van der Waals surface area (Å²) in [5.74, 6) is -0.221. The third kappa shape index (κ3) is 8.95. The first-order valence-corrected chi connectivity index (χ1v) is 14.3. The number of hydrogen-bond acceptors (Lipinski definition) is 4. The fraction of sp³-hybridized carbons (Fsp3) is 0.147. The summed E-state index contributed by atoms with van der Waals surface area (Å²) in [7, 11) is 0. The van der Waals surface area contributed by atoms with E-state index in [2.05, 4.69) is 29.8 Å². The van der Waals surface area contributed by atoms with Crippen LogP contribution >= 0.6 is 11.8 Å². The Bertz CT molecular complexity index is 1510. The van der Waals surface area contributed by atoms with Crippen molar-refractivity contribution in [3.8, 4) is 0 Å². The SMILES string of the molecule is Cc1ccc(/C=C(\NC(=O)c2ccccc2)C(=O)Nc2ccc(SCC(=O)Nc3ccc(C(C)C)cc3)cc2)cc1. The third-order valence-electron chi connectivity index (χ3n) is 6.26. The molecule has 0 aliphatic heterocycles. The molecule has 0 fully saturated rings. The van der Waals surface area contributed by atoms with Crippen LogP contribution in [0.5, 0.6) is 0 Å². The predicted octanol–water partition coefficient (Wildman–Crippen LogP) is 7.26. The second-order valence-electron chi connectivity index (χ2n) is 9.88. The molecule has 4 aromatic rings. The van der Waals surface area contributed by atoms with Crippen LogP contribution in [0.4, 0.5) is 11.4 Å². The summed E-state index contributed by atoms with van der Waals surface area (Å²) in [6.45, 7) is 6.25. The number of thioether (sulfide) groups is 1. The van der Waals surface area contributed by atoms with E-state index in [1.54, 1.807) is 42.5 Å². The summed E-state index contributed by atoms with van der Waals surface area (Å²) < 4.78 is 0. The van der Waals surface area contributed by atoms with Crippen LogP contribution in [-0.2, 0) is 9.59 Å². The molecular weight excluding hydrogens is 530 g/mol. The minimum atomic E-state index is -0.446. The molecule has 3 N–H and O–H groups in total. The number of nitrogens with one attached hydrogen (secondary N) is 3. The summed E-state index contributed by atoms with van der Waals surface area (Å²) in [6.07, 6.45) is 1.65. The molecule has 0 radical (unpaired) electrons. The molecule has 0 bridgehead atoms. The zero-order valence-corrected chi connectivity index (χ0v) is 24.1. The van der Waals surface area contributed by atoms with Crippen molar-refractivity contribution in [2.24, 2.45) is 0 Å². The van der Waals surface area contributed by atoms with Crippen LogP contribution in [0, 0.1) is 6.92 Å². The molecule has 0 heterocycles. The van der Waals surface area contributed by atoms with Crippen molar-refractivity contribution in [3.63, 3.8) is 0 Å². The maximum atomic E-state index is 13.2. The first-order valence-electron chi connectivity index (χ1n) is 13.4. The highest BCUT2D eigenvalue weighted by Gasteiger charge is 2.15. The molecule has 3 amide bonds. The van der Waals surface area contributed by atoms with E-state index in [0.29, 0.717) is 17.2 Å². The average Bonchev–Trinajstić information content (AvgIpc) is 2.98. The van der Waals surface area contributed by atoms with Crippen molar-refractivity contribution < 1.29 is 14.4 Å². The molecule has 4 rings (SSSR count). The van der Waals surface area contributed by atoms with Gasteiger partial charge >= 0.3 is 0 Å². The lowest BCUT2D eigenvalue weighted by molar-refractivity contribution is -0.114. The topological polar surface area (TPSA) is 87.3 Å². The maximum absolute atomic E-state index is 13.2. The second kappa shape index (κ2) is 14.1. The summed E-state index contributed by atoms with van der Waals surface area (Å²) in [5.41, 5.74) is 5.02. The summed E-state index contributed by atoms with van der Waals surface area (Å²) >= 11 is 1.41. The van der Waals surface area contributed by atoms with Crippen molar-refractivity contribution in [2.45, 2.75) is 31.6 Å². The van der Waals surface area contributed by atoms with Crippen LogP contribution in [0.1, 0.15) is 46.8 Å². The van der Waals surface area contributed by atoms with Crippen LogP contribution in [0.2, 0.25) is 0 Å². The Kier molecular flexibility index (Phi) is 10.1. The minimum absolute atomic E-state index is 0.0929. The van der Waals surface area contributed by atoms with Gasteiger partial charge in [0.15, 0.2) is 0 Å². The Morgan fingerprint density at radius 1 is 0.756 bits per heavy atom. The van der Waals surface area contributed by atoms with E-state index in [0.717, 1.165) is 21.7 Å². The van der Waals surface area contributed by atoms with Crippen LogP contribution in [0.15, 0.2) is 114 Å². The van der Waals surface area contributed by atoms with E-state index in [1.807, 2.05) is 73.7 Å². The minimum Gasteiger partial charge on any atom is -0.325 e. The van der Waals surface area contributed by atoms with Crippen molar-refractivity contribution >= 4 is 46.9 Å². The van der Waals surface area contributed by atoms with Gasteiger partial charge in [-0.2, -0.15) is 0 Å². The monoisotopic (exact) mass is 563 g/mol. The highest BCUT2D eigenvalue weighted by atomic mass is 32.2. The number of carbonyl (C=O) groups excluding carboxylic acids is 3. The number of hydrogen-bond donors (Lipinski definition) is 3. The lowest BCUT2D eigenvalue weighted by Crippen LogP contribution is -2.30. The van der Waals surface area contributed by atoms with E-state index in [4.69, 9.17) is 0 Å². The van der Waals surface area contributed by atoms with Gasteiger partial charge in [-0.15, -0.1) is 11.8 Å². The van der Waals surface area contributed by atoms with Gasteiger partial charge < -0.3 is 16.0 Å². The molecule has 0 saturated heterocycles. The van der Waals surface area contributed by atoms with Gasteiger partial charge in [0, 0.05) is 21.8 Å². The number of carbonyl (C=O) groups is 3. The number of anilines is 2. The Morgan fingerprint density at radius 2 is 1.37 bits per heavy atom. The van der Waals surface area contributed by atoms with E-state index >= 15 is 0 Å². The summed E-state index contributed by atoms with van der Waals surface area (Å²) in [5, 5.41) is 8.53. The van der Waals surface area contributed by atoms with E-state index in [1.165, 1.54) is 17.3 Å². The number of amides is 3. The fourth-order valence-corrected chi connectivity index (χ4v) is 4.60. The molecule has 0 aliphatic carbocycles. The molecule has 0 spiro atoms. The van der Waals surface area contributed by atoms with Crippen molar-refractivity contribution in [1.82, 2.24) is 5.32 Å². The van der Waals surface area contributed by atoms with Gasteiger partial charge in [-0.05, 0) is 78.6 Å². The molecule has 0 aliphatic rings. The Balaban J connectivity index is 1.37. The van der Waals surface area contributed by atoms with Gasteiger partial charge in [0.25, 0.3) is 11.8 Å². The number of aryl methyl sites for hydroxylation is 1. The van der Waals surface area contributed by atoms with Crippen LogP contribution < -0.4 is 16.0 Å². The largest absolute Gasteiger partial charge is 0.325 e. The first-order chi connectivity index (χ1) is 19.8. The van der Waals surface area contributed by atoms with Crippen molar-refractivity contribution in [3.05, 3.63) is 131 Å².